The minimum Gasteiger partial charge on any atom is -0.493 e. The van der Waals surface area contributed by atoms with E-state index in [1.165, 1.54) is 0 Å². The Balaban J connectivity index is 2.07. The van der Waals surface area contributed by atoms with Gasteiger partial charge >= 0.3 is 0 Å². The summed E-state index contributed by atoms with van der Waals surface area (Å²) < 4.78 is 12.5. The summed E-state index contributed by atoms with van der Waals surface area (Å²) in [7, 11) is 1.63. The van der Waals surface area contributed by atoms with E-state index in [4.69, 9.17) is 9.47 Å². The van der Waals surface area contributed by atoms with Crippen molar-refractivity contribution in [3.05, 3.63) is 23.8 Å². The molecule has 0 fully saturated rings. The molecule has 20 heavy (non-hydrogen) atoms. The van der Waals surface area contributed by atoms with E-state index < -0.39 is 0 Å². The maximum Gasteiger partial charge on any atom is 0.243 e. The third-order valence-corrected chi connectivity index (χ3v) is 2.81. The lowest BCUT2D eigenvalue weighted by Gasteiger charge is -2.11. The Morgan fingerprint density at radius 1 is 1.25 bits per heavy atom. The molecule has 0 saturated carbocycles. The van der Waals surface area contributed by atoms with Crippen LogP contribution in [-0.4, -0.2) is 33.9 Å². The largest absolute Gasteiger partial charge is 0.493 e. The predicted octanol–water partition coefficient (Wildman–Crippen LogP) is 1.71. The number of hydrogen-bond donors (Lipinski definition) is 1. The topological polar surface area (TPSA) is 74.1 Å². The fourth-order valence-electron chi connectivity index (χ4n) is 1.82. The summed E-state index contributed by atoms with van der Waals surface area (Å²) in [6.45, 7) is 5.87. The van der Waals surface area contributed by atoms with Gasteiger partial charge in [-0.2, -0.15) is 0 Å². The lowest BCUT2D eigenvalue weighted by atomic mass is 10.2. The van der Waals surface area contributed by atoms with Crippen LogP contribution >= 0.6 is 0 Å². The van der Waals surface area contributed by atoms with Crippen LogP contribution in [0.4, 0.5) is 5.95 Å². The van der Waals surface area contributed by atoms with Crippen molar-refractivity contribution in [3.63, 3.8) is 0 Å². The van der Waals surface area contributed by atoms with Crippen molar-refractivity contribution < 1.29 is 9.47 Å². The first-order valence-electron chi connectivity index (χ1n) is 6.58. The highest BCUT2D eigenvalue weighted by Gasteiger charge is 2.07. The number of hydrogen-bond acceptors (Lipinski definition) is 6. The number of aromatic nitrogens is 4. The number of anilines is 1. The summed E-state index contributed by atoms with van der Waals surface area (Å²) in [6.07, 6.45) is 0. The Morgan fingerprint density at radius 3 is 2.80 bits per heavy atom. The molecule has 0 aliphatic rings. The van der Waals surface area contributed by atoms with Crippen LogP contribution in [0, 0.1) is 0 Å². The van der Waals surface area contributed by atoms with Gasteiger partial charge in [0.05, 0.1) is 13.7 Å². The molecular weight excluding hydrogens is 258 g/mol. The van der Waals surface area contributed by atoms with E-state index in [1.807, 2.05) is 32.0 Å². The van der Waals surface area contributed by atoms with Crippen LogP contribution in [0.1, 0.15) is 19.4 Å². The molecule has 0 saturated heterocycles. The first kappa shape index (κ1) is 14.1. The number of rotatable bonds is 7. The van der Waals surface area contributed by atoms with Gasteiger partial charge in [-0.3, -0.25) is 0 Å². The molecule has 1 aromatic heterocycles. The predicted molar refractivity (Wildman–Crippen MR) is 75.0 cm³/mol. The zero-order chi connectivity index (χ0) is 14.4. The maximum absolute atomic E-state index is 5.55. The summed E-state index contributed by atoms with van der Waals surface area (Å²) in [5.41, 5.74) is 1.07. The Kier molecular flexibility index (Phi) is 4.75. The summed E-state index contributed by atoms with van der Waals surface area (Å²) in [5, 5.41) is 14.6. The van der Waals surface area contributed by atoms with Crippen LogP contribution < -0.4 is 14.8 Å². The van der Waals surface area contributed by atoms with Crippen LogP contribution in [-0.2, 0) is 13.1 Å². The summed E-state index contributed by atoms with van der Waals surface area (Å²) in [5.74, 6) is 2.12. The molecule has 2 rings (SSSR count). The number of tetrazole rings is 1. The average Bonchev–Trinajstić information content (AvgIpc) is 2.93. The van der Waals surface area contributed by atoms with E-state index in [9.17, 15) is 0 Å². The minimum atomic E-state index is 0.599. The van der Waals surface area contributed by atoms with Crippen molar-refractivity contribution >= 4 is 5.95 Å². The van der Waals surface area contributed by atoms with Gasteiger partial charge in [0.2, 0.25) is 5.95 Å². The van der Waals surface area contributed by atoms with E-state index in [-0.39, 0.29) is 0 Å². The molecule has 2 aromatic rings. The van der Waals surface area contributed by atoms with Gasteiger partial charge in [-0.25, -0.2) is 4.68 Å². The smallest absolute Gasteiger partial charge is 0.243 e. The first-order chi connectivity index (χ1) is 9.78. The summed E-state index contributed by atoms with van der Waals surface area (Å²) in [6, 6.07) is 5.83. The van der Waals surface area contributed by atoms with Gasteiger partial charge in [0.25, 0.3) is 0 Å². The van der Waals surface area contributed by atoms with Crippen LogP contribution in [0.2, 0.25) is 0 Å². The highest BCUT2D eigenvalue weighted by atomic mass is 16.5. The monoisotopic (exact) mass is 277 g/mol. The molecule has 0 spiro atoms. The zero-order valence-electron chi connectivity index (χ0n) is 12.0. The Morgan fingerprint density at radius 2 is 2.10 bits per heavy atom. The van der Waals surface area contributed by atoms with Crippen LogP contribution in [0.15, 0.2) is 18.2 Å². The average molecular weight is 277 g/mol. The highest BCUT2D eigenvalue weighted by molar-refractivity contribution is 5.43. The molecule has 7 heteroatoms. The Bertz CT molecular complexity index is 555. The van der Waals surface area contributed by atoms with Gasteiger partial charge in [-0.1, -0.05) is 11.2 Å². The van der Waals surface area contributed by atoms with E-state index in [0.717, 1.165) is 23.6 Å². The molecule has 0 atom stereocenters. The van der Waals surface area contributed by atoms with Crippen molar-refractivity contribution in [2.24, 2.45) is 0 Å². The number of benzene rings is 1. The second kappa shape index (κ2) is 6.74. The SMILES string of the molecule is CCOc1cc(CNc2nnnn2CC)ccc1OC. The van der Waals surface area contributed by atoms with Gasteiger partial charge < -0.3 is 14.8 Å². The third-order valence-electron chi connectivity index (χ3n) is 2.81. The molecule has 1 N–H and O–H groups in total. The molecule has 108 valence electrons. The van der Waals surface area contributed by atoms with Gasteiger partial charge in [0, 0.05) is 13.1 Å². The fourth-order valence-corrected chi connectivity index (χ4v) is 1.82. The molecular formula is C13H19N5O2. The van der Waals surface area contributed by atoms with Crippen molar-refractivity contribution in [1.29, 1.82) is 0 Å². The summed E-state index contributed by atoms with van der Waals surface area (Å²) >= 11 is 0. The molecule has 0 unspecified atom stereocenters. The molecule has 7 nitrogen and oxygen atoms in total. The van der Waals surface area contributed by atoms with Crippen LogP contribution in [0.5, 0.6) is 11.5 Å². The van der Waals surface area contributed by atoms with Crippen molar-refractivity contribution in [3.8, 4) is 11.5 Å². The molecule has 1 aromatic carbocycles. The molecule has 0 radical (unpaired) electrons. The number of methoxy groups -OCH3 is 1. The van der Waals surface area contributed by atoms with E-state index >= 15 is 0 Å². The van der Waals surface area contributed by atoms with E-state index in [1.54, 1.807) is 11.8 Å². The number of nitrogens with zero attached hydrogens (tertiary/aromatic N) is 4. The fraction of sp³-hybridized carbons (Fsp3) is 0.462. The normalized spacial score (nSPS) is 10.3. The van der Waals surface area contributed by atoms with E-state index in [2.05, 4.69) is 20.8 Å². The summed E-state index contributed by atoms with van der Waals surface area (Å²) in [4.78, 5) is 0. The standard InChI is InChI=1S/C13H19N5O2/c1-4-18-13(15-16-17-18)14-9-10-6-7-11(19-3)12(8-10)20-5-2/h6-8H,4-5,9H2,1-3H3,(H,14,15,17). The van der Waals surface area contributed by atoms with Crippen molar-refractivity contribution in [1.82, 2.24) is 20.2 Å². The Hall–Kier alpha value is -2.31. The number of aryl methyl sites for hydroxylation is 1. The van der Waals surface area contributed by atoms with Gasteiger partial charge in [0.15, 0.2) is 11.5 Å². The van der Waals surface area contributed by atoms with Crippen LogP contribution in [0.3, 0.4) is 0 Å². The number of nitrogens with one attached hydrogen (secondary N) is 1. The molecule has 0 aliphatic heterocycles. The lowest BCUT2D eigenvalue weighted by molar-refractivity contribution is 0.310. The lowest BCUT2D eigenvalue weighted by Crippen LogP contribution is -2.08. The minimum absolute atomic E-state index is 0.599. The quantitative estimate of drug-likeness (QED) is 0.830. The van der Waals surface area contributed by atoms with Gasteiger partial charge in [-0.15, -0.1) is 0 Å². The van der Waals surface area contributed by atoms with Gasteiger partial charge in [0.1, 0.15) is 0 Å². The van der Waals surface area contributed by atoms with E-state index in [0.29, 0.717) is 19.1 Å². The molecule has 0 amide bonds. The maximum atomic E-state index is 5.55. The number of ether oxygens (including phenoxy) is 2. The zero-order valence-corrected chi connectivity index (χ0v) is 12.0. The third kappa shape index (κ3) is 3.17. The molecule has 0 bridgehead atoms. The van der Waals surface area contributed by atoms with Gasteiger partial charge in [-0.05, 0) is 42.0 Å². The van der Waals surface area contributed by atoms with Crippen LogP contribution in [0.25, 0.3) is 0 Å². The first-order valence-corrected chi connectivity index (χ1v) is 6.58. The van der Waals surface area contributed by atoms with Crippen molar-refractivity contribution in [2.75, 3.05) is 19.0 Å². The molecule has 0 aliphatic carbocycles. The highest BCUT2D eigenvalue weighted by Crippen LogP contribution is 2.28. The molecule has 1 heterocycles. The second-order valence-corrected chi connectivity index (χ2v) is 4.09. The van der Waals surface area contributed by atoms with Crippen molar-refractivity contribution in [2.45, 2.75) is 26.9 Å². The second-order valence-electron chi connectivity index (χ2n) is 4.09. The Labute approximate surface area is 117 Å².